The van der Waals surface area contributed by atoms with Gasteiger partial charge in [0.15, 0.2) is 0 Å². The molecule has 1 unspecified atom stereocenters. The summed E-state index contributed by atoms with van der Waals surface area (Å²) in [6.07, 6.45) is 1.84. The van der Waals surface area contributed by atoms with Crippen LogP contribution < -0.4 is 5.32 Å². The zero-order valence-electron chi connectivity index (χ0n) is 11.3. The van der Waals surface area contributed by atoms with E-state index in [2.05, 4.69) is 39.9 Å². The Morgan fingerprint density at radius 3 is 1.94 bits per heavy atom. The summed E-state index contributed by atoms with van der Waals surface area (Å²) in [5, 5.41) is 12.2. The van der Waals surface area contributed by atoms with Crippen LogP contribution in [0, 0.1) is 17.8 Å². The minimum Gasteiger partial charge on any atom is -0.480 e. The fourth-order valence-corrected chi connectivity index (χ4v) is 1.97. The predicted molar refractivity (Wildman–Crippen MR) is 67.5 cm³/mol. The van der Waals surface area contributed by atoms with E-state index in [0.717, 1.165) is 13.0 Å². The Balaban J connectivity index is 3.97. The summed E-state index contributed by atoms with van der Waals surface area (Å²) in [6.45, 7) is 11.5. The van der Waals surface area contributed by atoms with Gasteiger partial charge in [-0.05, 0) is 37.1 Å². The van der Waals surface area contributed by atoms with Gasteiger partial charge >= 0.3 is 5.97 Å². The summed E-state index contributed by atoms with van der Waals surface area (Å²) in [6, 6.07) is -0.394. The average molecular weight is 229 g/mol. The third-order valence-corrected chi connectivity index (χ3v) is 2.59. The number of aliphatic carboxylic acids is 1. The van der Waals surface area contributed by atoms with Gasteiger partial charge in [-0.25, -0.2) is 0 Å². The molecule has 0 aliphatic heterocycles. The van der Waals surface area contributed by atoms with Crippen LogP contribution in [-0.2, 0) is 4.79 Å². The van der Waals surface area contributed by atoms with Crippen molar-refractivity contribution < 1.29 is 9.90 Å². The van der Waals surface area contributed by atoms with Crippen LogP contribution in [0.2, 0.25) is 0 Å². The normalized spacial score (nSPS) is 15.4. The molecule has 0 radical (unpaired) electrons. The minimum absolute atomic E-state index is 0.394. The first kappa shape index (κ1) is 15.4. The van der Waals surface area contributed by atoms with E-state index < -0.39 is 12.0 Å². The van der Waals surface area contributed by atoms with Crippen LogP contribution in [0.1, 0.15) is 47.5 Å². The van der Waals surface area contributed by atoms with Crippen molar-refractivity contribution in [3.63, 3.8) is 0 Å². The molecule has 0 saturated heterocycles. The second-order valence-corrected chi connectivity index (χ2v) is 5.66. The van der Waals surface area contributed by atoms with Crippen molar-refractivity contribution in [3.05, 3.63) is 0 Å². The Hall–Kier alpha value is -0.570. The van der Waals surface area contributed by atoms with E-state index >= 15 is 0 Å². The fourth-order valence-electron chi connectivity index (χ4n) is 1.97. The summed E-state index contributed by atoms with van der Waals surface area (Å²) in [7, 11) is 0. The van der Waals surface area contributed by atoms with Crippen LogP contribution >= 0.6 is 0 Å². The van der Waals surface area contributed by atoms with E-state index in [1.807, 2.05) is 0 Å². The highest BCUT2D eigenvalue weighted by Gasteiger charge is 2.18. The second-order valence-electron chi connectivity index (χ2n) is 5.66. The van der Waals surface area contributed by atoms with Crippen LogP contribution in [0.3, 0.4) is 0 Å². The Kier molecular flexibility index (Phi) is 7.39. The van der Waals surface area contributed by atoms with E-state index in [0.29, 0.717) is 24.2 Å². The molecule has 0 fully saturated rings. The molecule has 96 valence electrons. The summed E-state index contributed by atoms with van der Waals surface area (Å²) < 4.78 is 0. The van der Waals surface area contributed by atoms with Gasteiger partial charge in [0.05, 0.1) is 0 Å². The SMILES string of the molecule is CC(C)CC(C)CN[C@H](CC(C)C)C(=O)O. The molecule has 0 bridgehead atoms. The number of carbonyl (C=O) groups is 1. The number of rotatable bonds is 8. The molecule has 0 saturated carbocycles. The first-order valence-corrected chi connectivity index (χ1v) is 6.29. The van der Waals surface area contributed by atoms with Gasteiger partial charge < -0.3 is 10.4 Å². The standard InChI is InChI=1S/C13H27NO2/c1-9(2)6-11(5)8-14-12(13(15)16)7-10(3)4/h9-12,14H,6-8H2,1-5H3,(H,15,16)/t11?,12-/m1/s1. The molecule has 3 heteroatoms. The average Bonchev–Trinajstić information content (AvgIpc) is 2.09. The highest BCUT2D eigenvalue weighted by Crippen LogP contribution is 2.11. The van der Waals surface area contributed by atoms with Gasteiger partial charge in [0.25, 0.3) is 0 Å². The topological polar surface area (TPSA) is 49.3 Å². The number of carboxylic acid groups (broad SMARTS) is 1. The van der Waals surface area contributed by atoms with Crippen LogP contribution in [-0.4, -0.2) is 23.7 Å². The molecule has 16 heavy (non-hydrogen) atoms. The fraction of sp³-hybridized carbons (Fsp3) is 0.923. The largest absolute Gasteiger partial charge is 0.480 e. The molecule has 0 rings (SSSR count). The lowest BCUT2D eigenvalue weighted by Crippen LogP contribution is -2.40. The van der Waals surface area contributed by atoms with Crippen LogP contribution in [0.25, 0.3) is 0 Å². The Morgan fingerprint density at radius 2 is 1.56 bits per heavy atom. The van der Waals surface area contributed by atoms with E-state index in [9.17, 15) is 4.79 Å². The van der Waals surface area contributed by atoms with Crippen molar-refractivity contribution in [1.29, 1.82) is 0 Å². The van der Waals surface area contributed by atoms with Crippen LogP contribution in [0.5, 0.6) is 0 Å². The lowest BCUT2D eigenvalue weighted by atomic mass is 9.98. The van der Waals surface area contributed by atoms with E-state index in [1.54, 1.807) is 0 Å². The van der Waals surface area contributed by atoms with E-state index in [-0.39, 0.29) is 0 Å². The molecule has 0 aromatic carbocycles. The lowest BCUT2D eigenvalue weighted by molar-refractivity contribution is -0.140. The molecule has 0 aliphatic rings. The van der Waals surface area contributed by atoms with E-state index in [1.165, 1.54) is 0 Å². The minimum atomic E-state index is -0.731. The molecule has 0 aromatic heterocycles. The van der Waals surface area contributed by atoms with Crippen LogP contribution in [0.4, 0.5) is 0 Å². The monoisotopic (exact) mass is 229 g/mol. The summed E-state index contributed by atoms with van der Waals surface area (Å²) in [5.41, 5.74) is 0. The number of hydrogen-bond donors (Lipinski definition) is 2. The van der Waals surface area contributed by atoms with Crippen molar-refractivity contribution in [2.24, 2.45) is 17.8 Å². The highest BCUT2D eigenvalue weighted by molar-refractivity contribution is 5.73. The predicted octanol–water partition coefficient (Wildman–Crippen LogP) is 2.76. The van der Waals surface area contributed by atoms with Crippen molar-refractivity contribution in [1.82, 2.24) is 5.32 Å². The quantitative estimate of drug-likeness (QED) is 0.673. The third kappa shape index (κ3) is 7.69. The number of carboxylic acids is 1. The molecule has 0 aliphatic carbocycles. The molecule has 0 amide bonds. The Bertz CT molecular complexity index is 202. The summed E-state index contributed by atoms with van der Waals surface area (Å²) in [5.74, 6) is 0.888. The molecule has 0 spiro atoms. The molecular weight excluding hydrogens is 202 g/mol. The zero-order chi connectivity index (χ0) is 12.7. The maximum Gasteiger partial charge on any atom is 0.320 e. The van der Waals surface area contributed by atoms with Gasteiger partial charge in [-0.3, -0.25) is 4.79 Å². The Labute approximate surface area is 99.6 Å². The van der Waals surface area contributed by atoms with Crippen molar-refractivity contribution in [3.8, 4) is 0 Å². The number of hydrogen-bond acceptors (Lipinski definition) is 2. The smallest absolute Gasteiger partial charge is 0.320 e. The van der Waals surface area contributed by atoms with Gasteiger partial charge in [-0.15, -0.1) is 0 Å². The first-order valence-electron chi connectivity index (χ1n) is 6.29. The number of nitrogens with one attached hydrogen (secondary N) is 1. The molecule has 2 N–H and O–H groups in total. The highest BCUT2D eigenvalue weighted by atomic mass is 16.4. The third-order valence-electron chi connectivity index (χ3n) is 2.59. The molecule has 0 aromatic rings. The maximum atomic E-state index is 11.0. The molecule has 3 nitrogen and oxygen atoms in total. The van der Waals surface area contributed by atoms with Crippen LogP contribution in [0.15, 0.2) is 0 Å². The summed E-state index contributed by atoms with van der Waals surface area (Å²) >= 11 is 0. The Morgan fingerprint density at radius 1 is 1.06 bits per heavy atom. The molecular formula is C13H27NO2. The zero-order valence-corrected chi connectivity index (χ0v) is 11.3. The van der Waals surface area contributed by atoms with Crippen molar-refractivity contribution in [2.45, 2.75) is 53.5 Å². The van der Waals surface area contributed by atoms with E-state index in [4.69, 9.17) is 5.11 Å². The van der Waals surface area contributed by atoms with Gasteiger partial charge in [-0.2, -0.15) is 0 Å². The molecule has 2 atom stereocenters. The second kappa shape index (κ2) is 7.66. The first-order chi connectivity index (χ1) is 7.32. The van der Waals surface area contributed by atoms with Crippen molar-refractivity contribution in [2.75, 3.05) is 6.54 Å². The van der Waals surface area contributed by atoms with Gasteiger partial charge in [-0.1, -0.05) is 34.6 Å². The van der Waals surface area contributed by atoms with Gasteiger partial charge in [0.2, 0.25) is 0 Å². The molecule has 0 heterocycles. The van der Waals surface area contributed by atoms with Crippen molar-refractivity contribution >= 4 is 5.97 Å². The van der Waals surface area contributed by atoms with Gasteiger partial charge in [0, 0.05) is 0 Å². The lowest BCUT2D eigenvalue weighted by Gasteiger charge is -2.20. The summed E-state index contributed by atoms with van der Waals surface area (Å²) in [4.78, 5) is 11.0. The van der Waals surface area contributed by atoms with Gasteiger partial charge in [0.1, 0.15) is 6.04 Å². The maximum absolute atomic E-state index is 11.0.